The van der Waals surface area contributed by atoms with Gasteiger partial charge in [-0.05, 0) is 23.3 Å². The Morgan fingerprint density at radius 2 is 1.89 bits per heavy atom. The molecule has 0 radical (unpaired) electrons. The van der Waals surface area contributed by atoms with Gasteiger partial charge in [0.15, 0.2) is 6.10 Å². The van der Waals surface area contributed by atoms with Gasteiger partial charge in [0, 0.05) is 6.54 Å². The number of carboxylic acid groups (broad SMARTS) is 1. The molecule has 0 saturated carbocycles. The zero-order valence-corrected chi connectivity index (χ0v) is 15.1. The second-order valence-corrected chi connectivity index (χ2v) is 6.66. The standard InChI is InChI=1S/C20H22N2O5/c1-13-11-22(12-17(27-13)20(25)26)19(24)10-21-18(23)9-15-7-4-6-14-5-2-3-8-16(14)15/h2-8,13,17H,9-12H2,1H3,(H,21,23)(H,25,26)/t13-,17?/m1/s1. The highest BCUT2D eigenvalue weighted by Crippen LogP contribution is 2.18. The van der Waals surface area contributed by atoms with E-state index in [1.807, 2.05) is 42.5 Å². The number of hydrogen-bond acceptors (Lipinski definition) is 4. The molecule has 0 aliphatic carbocycles. The normalized spacial score (nSPS) is 19.7. The lowest BCUT2D eigenvalue weighted by molar-refractivity contribution is -0.166. The number of nitrogens with zero attached hydrogens (tertiary/aromatic N) is 1. The molecule has 1 heterocycles. The minimum atomic E-state index is -1.10. The van der Waals surface area contributed by atoms with Gasteiger partial charge in [0.05, 0.1) is 25.6 Å². The highest BCUT2D eigenvalue weighted by atomic mass is 16.5. The molecule has 7 nitrogen and oxygen atoms in total. The molecule has 0 aromatic heterocycles. The molecular weight excluding hydrogens is 348 g/mol. The lowest BCUT2D eigenvalue weighted by atomic mass is 10.0. The average molecular weight is 370 g/mol. The summed E-state index contributed by atoms with van der Waals surface area (Å²) in [6.45, 7) is 1.84. The number of carbonyl (C=O) groups is 3. The summed E-state index contributed by atoms with van der Waals surface area (Å²) < 4.78 is 5.29. The van der Waals surface area contributed by atoms with E-state index in [4.69, 9.17) is 9.84 Å². The number of nitrogens with one attached hydrogen (secondary N) is 1. The maximum atomic E-state index is 12.3. The van der Waals surface area contributed by atoms with Crippen LogP contribution in [0.5, 0.6) is 0 Å². The summed E-state index contributed by atoms with van der Waals surface area (Å²) in [7, 11) is 0. The van der Waals surface area contributed by atoms with Crippen LogP contribution in [-0.2, 0) is 25.5 Å². The van der Waals surface area contributed by atoms with E-state index in [-0.39, 0.29) is 37.4 Å². The fourth-order valence-corrected chi connectivity index (χ4v) is 3.26. The van der Waals surface area contributed by atoms with E-state index in [0.717, 1.165) is 16.3 Å². The SMILES string of the molecule is C[C@@H]1CN(C(=O)CNC(=O)Cc2cccc3ccccc23)CC(C(=O)O)O1. The topological polar surface area (TPSA) is 95.9 Å². The van der Waals surface area contributed by atoms with Crippen molar-refractivity contribution >= 4 is 28.6 Å². The van der Waals surface area contributed by atoms with Crippen LogP contribution >= 0.6 is 0 Å². The Balaban J connectivity index is 1.57. The van der Waals surface area contributed by atoms with Crippen molar-refractivity contribution in [2.24, 2.45) is 0 Å². The minimum absolute atomic E-state index is 0.0162. The summed E-state index contributed by atoms with van der Waals surface area (Å²) >= 11 is 0. The van der Waals surface area contributed by atoms with Gasteiger partial charge in [0.25, 0.3) is 0 Å². The zero-order chi connectivity index (χ0) is 19.4. The third kappa shape index (κ3) is 4.62. The molecule has 0 spiro atoms. The van der Waals surface area contributed by atoms with Crippen LogP contribution in [0.2, 0.25) is 0 Å². The van der Waals surface area contributed by atoms with Crippen molar-refractivity contribution in [3.05, 3.63) is 48.0 Å². The van der Waals surface area contributed by atoms with Crippen molar-refractivity contribution < 1.29 is 24.2 Å². The number of rotatable bonds is 5. The number of hydrogen-bond donors (Lipinski definition) is 2. The largest absolute Gasteiger partial charge is 0.479 e. The fraction of sp³-hybridized carbons (Fsp3) is 0.350. The Bertz CT molecular complexity index is 861. The Labute approximate surface area is 156 Å². The van der Waals surface area contributed by atoms with Gasteiger partial charge in [-0.2, -0.15) is 0 Å². The maximum Gasteiger partial charge on any atom is 0.334 e. The summed E-state index contributed by atoms with van der Waals surface area (Å²) in [5, 5.41) is 13.8. The fourth-order valence-electron chi connectivity index (χ4n) is 3.26. The molecule has 142 valence electrons. The van der Waals surface area contributed by atoms with Crippen LogP contribution in [0.1, 0.15) is 12.5 Å². The molecule has 3 rings (SSSR count). The van der Waals surface area contributed by atoms with Crippen molar-refractivity contribution in [2.75, 3.05) is 19.6 Å². The molecule has 2 atom stereocenters. The highest BCUT2D eigenvalue weighted by Gasteiger charge is 2.32. The number of morpholine rings is 1. The first-order valence-corrected chi connectivity index (χ1v) is 8.83. The van der Waals surface area contributed by atoms with Crippen LogP contribution < -0.4 is 5.32 Å². The summed E-state index contributed by atoms with van der Waals surface area (Å²) in [6.07, 6.45) is -1.23. The molecule has 1 aliphatic rings. The van der Waals surface area contributed by atoms with Crippen LogP contribution in [0.15, 0.2) is 42.5 Å². The maximum absolute atomic E-state index is 12.3. The van der Waals surface area contributed by atoms with Crippen molar-refractivity contribution in [2.45, 2.75) is 25.6 Å². The summed E-state index contributed by atoms with van der Waals surface area (Å²) in [6, 6.07) is 13.6. The van der Waals surface area contributed by atoms with E-state index in [1.165, 1.54) is 4.90 Å². The predicted molar refractivity (Wildman–Crippen MR) is 99.2 cm³/mol. The molecular formula is C20H22N2O5. The number of carboxylic acids is 1. The molecule has 1 aliphatic heterocycles. The number of aliphatic carboxylic acids is 1. The van der Waals surface area contributed by atoms with Crippen molar-refractivity contribution in [3.63, 3.8) is 0 Å². The Hall–Kier alpha value is -2.93. The number of benzene rings is 2. The Morgan fingerprint density at radius 3 is 2.67 bits per heavy atom. The van der Waals surface area contributed by atoms with Gasteiger partial charge in [0.2, 0.25) is 11.8 Å². The smallest absolute Gasteiger partial charge is 0.334 e. The molecule has 27 heavy (non-hydrogen) atoms. The van der Waals surface area contributed by atoms with Crippen LogP contribution in [0.4, 0.5) is 0 Å². The first-order valence-electron chi connectivity index (χ1n) is 8.83. The quantitative estimate of drug-likeness (QED) is 0.825. The monoisotopic (exact) mass is 370 g/mol. The second kappa shape index (κ2) is 8.18. The number of fused-ring (bicyclic) bond motifs is 1. The van der Waals surface area contributed by atoms with Crippen molar-refractivity contribution in [3.8, 4) is 0 Å². The second-order valence-electron chi connectivity index (χ2n) is 6.66. The van der Waals surface area contributed by atoms with Crippen LogP contribution in [0.3, 0.4) is 0 Å². The van der Waals surface area contributed by atoms with Gasteiger partial charge >= 0.3 is 5.97 Å². The number of carbonyl (C=O) groups excluding carboxylic acids is 2. The van der Waals surface area contributed by atoms with Gasteiger partial charge in [-0.3, -0.25) is 9.59 Å². The first kappa shape index (κ1) is 18.8. The van der Waals surface area contributed by atoms with Gasteiger partial charge in [0.1, 0.15) is 0 Å². The zero-order valence-electron chi connectivity index (χ0n) is 15.1. The summed E-state index contributed by atoms with van der Waals surface area (Å²) in [5.74, 6) is -1.67. The van der Waals surface area contributed by atoms with E-state index in [0.29, 0.717) is 6.54 Å². The van der Waals surface area contributed by atoms with Crippen molar-refractivity contribution in [1.82, 2.24) is 10.2 Å². The molecule has 2 aromatic carbocycles. The lowest BCUT2D eigenvalue weighted by Crippen LogP contribution is -2.53. The first-order chi connectivity index (χ1) is 12.9. The van der Waals surface area contributed by atoms with Gasteiger partial charge in [-0.25, -0.2) is 4.79 Å². The minimum Gasteiger partial charge on any atom is -0.479 e. The third-order valence-corrected chi connectivity index (χ3v) is 4.56. The van der Waals surface area contributed by atoms with Crippen molar-refractivity contribution in [1.29, 1.82) is 0 Å². The van der Waals surface area contributed by atoms with Gasteiger partial charge in [-0.15, -0.1) is 0 Å². The summed E-state index contributed by atoms with van der Waals surface area (Å²) in [4.78, 5) is 37.2. The molecule has 1 saturated heterocycles. The van der Waals surface area contributed by atoms with E-state index >= 15 is 0 Å². The van der Waals surface area contributed by atoms with Gasteiger partial charge < -0.3 is 20.1 Å². The highest BCUT2D eigenvalue weighted by molar-refractivity contribution is 5.91. The predicted octanol–water partition coefficient (Wildman–Crippen LogP) is 1.20. The van der Waals surface area contributed by atoms with Crippen LogP contribution in [0.25, 0.3) is 10.8 Å². The third-order valence-electron chi connectivity index (χ3n) is 4.56. The molecule has 1 unspecified atom stereocenters. The molecule has 2 N–H and O–H groups in total. The van der Waals surface area contributed by atoms with Crippen LogP contribution in [-0.4, -0.2) is 59.6 Å². The molecule has 2 amide bonds. The Morgan fingerprint density at radius 1 is 1.15 bits per heavy atom. The van der Waals surface area contributed by atoms with E-state index < -0.39 is 12.1 Å². The molecule has 1 fully saturated rings. The number of amides is 2. The molecule has 0 bridgehead atoms. The van der Waals surface area contributed by atoms with E-state index in [1.54, 1.807) is 6.92 Å². The lowest BCUT2D eigenvalue weighted by Gasteiger charge is -2.35. The molecule has 2 aromatic rings. The molecule has 7 heteroatoms. The van der Waals surface area contributed by atoms with E-state index in [9.17, 15) is 14.4 Å². The Kier molecular flexibility index (Phi) is 5.71. The average Bonchev–Trinajstić information content (AvgIpc) is 2.66. The summed E-state index contributed by atoms with van der Waals surface area (Å²) in [5.41, 5.74) is 0.893. The van der Waals surface area contributed by atoms with Gasteiger partial charge in [-0.1, -0.05) is 42.5 Å². The van der Waals surface area contributed by atoms with E-state index in [2.05, 4.69) is 5.32 Å². The number of ether oxygens (including phenoxy) is 1. The van der Waals surface area contributed by atoms with Crippen LogP contribution in [0, 0.1) is 0 Å².